The molecule has 0 radical (unpaired) electrons. The summed E-state index contributed by atoms with van der Waals surface area (Å²) in [5.74, 6) is -1.43. The summed E-state index contributed by atoms with van der Waals surface area (Å²) in [7, 11) is 0. The summed E-state index contributed by atoms with van der Waals surface area (Å²) in [5, 5.41) is 2.72. The molecule has 3 aromatic rings. The summed E-state index contributed by atoms with van der Waals surface area (Å²) >= 11 is 0. The normalized spacial score (nSPS) is 13.8. The Hall–Kier alpha value is -4.01. The number of hydrogen-bond acceptors (Lipinski definition) is 6. The standard InChI is InChI=1S/C26H28N4O5/c1-3-4-15-29-21-11-7-5-9-18(21)27-20(26(29)34)13-14-24(32)35-17(2)25(33)30-16-23(31)28-19-10-6-8-12-22(19)30/h5-12,17H,3-4,13-16H2,1-2H3,(H,28,31)/t17-/m1/s1. The molecule has 2 heterocycles. The van der Waals surface area contributed by atoms with Gasteiger partial charge >= 0.3 is 5.97 Å². The fourth-order valence-corrected chi connectivity index (χ4v) is 4.12. The van der Waals surface area contributed by atoms with Crippen molar-refractivity contribution in [1.29, 1.82) is 0 Å². The molecular weight excluding hydrogens is 448 g/mol. The molecule has 2 aromatic carbocycles. The Morgan fingerprint density at radius 2 is 1.86 bits per heavy atom. The van der Waals surface area contributed by atoms with Crippen molar-refractivity contribution in [2.45, 2.75) is 52.2 Å². The molecule has 0 unspecified atom stereocenters. The second-order valence-electron chi connectivity index (χ2n) is 8.48. The molecule has 1 atom stereocenters. The van der Waals surface area contributed by atoms with Crippen LogP contribution in [0.25, 0.3) is 11.0 Å². The van der Waals surface area contributed by atoms with E-state index in [1.165, 1.54) is 11.8 Å². The van der Waals surface area contributed by atoms with Gasteiger partial charge in [-0.3, -0.25) is 24.1 Å². The van der Waals surface area contributed by atoms with Gasteiger partial charge in [0.25, 0.3) is 11.5 Å². The number of carbonyl (C=O) groups is 3. The van der Waals surface area contributed by atoms with Crippen LogP contribution in [0, 0.1) is 0 Å². The van der Waals surface area contributed by atoms with Gasteiger partial charge in [0, 0.05) is 13.0 Å². The summed E-state index contributed by atoms with van der Waals surface area (Å²) in [6.45, 7) is 3.95. The van der Waals surface area contributed by atoms with Gasteiger partial charge in [0.05, 0.1) is 28.8 Å². The number of nitrogens with zero attached hydrogens (tertiary/aromatic N) is 3. The number of aryl methyl sites for hydroxylation is 2. The zero-order chi connectivity index (χ0) is 24.9. The Bertz CT molecular complexity index is 1330. The molecule has 1 aliphatic rings. The summed E-state index contributed by atoms with van der Waals surface area (Å²) in [6, 6.07) is 14.4. The number of rotatable bonds is 8. The summed E-state index contributed by atoms with van der Waals surface area (Å²) in [4.78, 5) is 56.3. The zero-order valence-corrected chi connectivity index (χ0v) is 19.8. The lowest BCUT2D eigenvalue weighted by Crippen LogP contribution is -2.47. The predicted octanol–water partition coefficient (Wildman–Crippen LogP) is 3.05. The lowest BCUT2D eigenvalue weighted by Gasteiger charge is -2.30. The minimum absolute atomic E-state index is 0.0942. The molecule has 0 bridgehead atoms. The third-order valence-corrected chi connectivity index (χ3v) is 5.91. The predicted molar refractivity (Wildman–Crippen MR) is 132 cm³/mol. The SMILES string of the molecule is CCCCn1c(=O)c(CCC(=O)O[C@H](C)C(=O)N2CC(=O)Nc3ccccc32)nc2ccccc21. The lowest BCUT2D eigenvalue weighted by molar-refractivity contribution is -0.153. The van der Waals surface area contributed by atoms with E-state index in [9.17, 15) is 19.2 Å². The Kier molecular flexibility index (Phi) is 7.24. The number of amides is 2. The molecule has 9 heteroatoms. The highest BCUT2D eigenvalue weighted by atomic mass is 16.5. The molecule has 4 rings (SSSR count). The molecule has 0 fully saturated rings. The van der Waals surface area contributed by atoms with Gasteiger partial charge in [-0.25, -0.2) is 4.98 Å². The van der Waals surface area contributed by atoms with Crippen LogP contribution < -0.4 is 15.8 Å². The molecule has 182 valence electrons. The average molecular weight is 477 g/mol. The van der Waals surface area contributed by atoms with Crippen molar-refractivity contribution in [3.05, 3.63) is 64.6 Å². The molecule has 1 N–H and O–H groups in total. The number of hydrogen-bond donors (Lipinski definition) is 1. The summed E-state index contributed by atoms with van der Waals surface area (Å²) in [6.07, 6.45) is 0.715. The van der Waals surface area contributed by atoms with E-state index in [4.69, 9.17) is 4.74 Å². The Morgan fingerprint density at radius 1 is 1.11 bits per heavy atom. The van der Waals surface area contributed by atoms with Crippen molar-refractivity contribution < 1.29 is 19.1 Å². The van der Waals surface area contributed by atoms with E-state index < -0.39 is 18.0 Å². The minimum Gasteiger partial charge on any atom is -0.453 e. The molecule has 0 aliphatic carbocycles. The number of aromatic nitrogens is 2. The molecule has 9 nitrogen and oxygen atoms in total. The van der Waals surface area contributed by atoms with Crippen LogP contribution in [0.4, 0.5) is 11.4 Å². The van der Waals surface area contributed by atoms with Crippen molar-refractivity contribution in [3.63, 3.8) is 0 Å². The van der Waals surface area contributed by atoms with Crippen LogP contribution in [-0.2, 0) is 32.1 Å². The minimum atomic E-state index is -1.09. The monoisotopic (exact) mass is 476 g/mol. The van der Waals surface area contributed by atoms with Crippen LogP contribution in [0.5, 0.6) is 0 Å². The first kappa shape index (κ1) is 24.1. The van der Waals surface area contributed by atoms with Gasteiger partial charge in [-0.2, -0.15) is 0 Å². The van der Waals surface area contributed by atoms with Gasteiger partial charge in [-0.1, -0.05) is 37.6 Å². The number of unbranched alkanes of at least 4 members (excludes halogenated alkanes) is 1. The number of carbonyl (C=O) groups excluding carboxylic acids is 3. The van der Waals surface area contributed by atoms with E-state index in [0.29, 0.717) is 23.4 Å². The van der Waals surface area contributed by atoms with Crippen LogP contribution in [0.1, 0.15) is 38.8 Å². The van der Waals surface area contributed by atoms with E-state index >= 15 is 0 Å². The van der Waals surface area contributed by atoms with E-state index in [2.05, 4.69) is 17.2 Å². The van der Waals surface area contributed by atoms with Gasteiger partial charge in [0.1, 0.15) is 12.2 Å². The highest BCUT2D eigenvalue weighted by Gasteiger charge is 2.31. The first-order valence-corrected chi connectivity index (χ1v) is 11.8. The van der Waals surface area contributed by atoms with Crippen molar-refractivity contribution in [3.8, 4) is 0 Å². The molecule has 0 saturated heterocycles. The lowest BCUT2D eigenvalue weighted by atomic mass is 10.1. The fraction of sp³-hybridized carbons (Fsp3) is 0.346. The Labute approximate surface area is 202 Å². The van der Waals surface area contributed by atoms with Crippen molar-refractivity contribution in [2.24, 2.45) is 0 Å². The number of fused-ring (bicyclic) bond motifs is 2. The molecule has 1 aliphatic heterocycles. The van der Waals surface area contributed by atoms with Gasteiger partial charge in [0.2, 0.25) is 5.91 Å². The first-order chi connectivity index (χ1) is 16.9. The maximum Gasteiger partial charge on any atom is 0.306 e. The van der Waals surface area contributed by atoms with Gasteiger partial charge < -0.3 is 14.6 Å². The van der Waals surface area contributed by atoms with Gasteiger partial charge in [0.15, 0.2) is 6.10 Å². The van der Waals surface area contributed by atoms with Crippen LogP contribution in [-0.4, -0.2) is 40.0 Å². The van der Waals surface area contributed by atoms with E-state index in [0.717, 1.165) is 18.4 Å². The number of benzene rings is 2. The quantitative estimate of drug-likeness (QED) is 0.501. The Morgan fingerprint density at radius 3 is 2.66 bits per heavy atom. The van der Waals surface area contributed by atoms with Gasteiger partial charge in [-0.15, -0.1) is 0 Å². The number of nitrogens with one attached hydrogen (secondary N) is 1. The smallest absolute Gasteiger partial charge is 0.306 e. The molecule has 0 spiro atoms. The second kappa shape index (κ2) is 10.5. The zero-order valence-electron chi connectivity index (χ0n) is 19.8. The maximum atomic E-state index is 13.0. The van der Waals surface area contributed by atoms with E-state index in [1.807, 2.05) is 24.3 Å². The van der Waals surface area contributed by atoms with E-state index in [-0.39, 0.29) is 36.5 Å². The number of para-hydroxylation sites is 4. The first-order valence-electron chi connectivity index (χ1n) is 11.8. The van der Waals surface area contributed by atoms with Gasteiger partial charge in [-0.05, 0) is 37.6 Å². The fourth-order valence-electron chi connectivity index (χ4n) is 4.12. The van der Waals surface area contributed by atoms with Crippen LogP contribution in [0.2, 0.25) is 0 Å². The average Bonchev–Trinajstić information content (AvgIpc) is 2.86. The number of esters is 1. The molecular formula is C26H28N4O5. The molecule has 2 amide bonds. The Balaban J connectivity index is 1.44. The topological polar surface area (TPSA) is 111 Å². The molecule has 35 heavy (non-hydrogen) atoms. The summed E-state index contributed by atoms with van der Waals surface area (Å²) in [5.41, 5.74) is 2.60. The third-order valence-electron chi connectivity index (χ3n) is 5.91. The molecule has 1 aromatic heterocycles. The largest absolute Gasteiger partial charge is 0.453 e. The molecule has 0 saturated carbocycles. The van der Waals surface area contributed by atoms with Crippen molar-refractivity contribution in [2.75, 3.05) is 16.8 Å². The maximum absolute atomic E-state index is 13.0. The van der Waals surface area contributed by atoms with Crippen molar-refractivity contribution in [1.82, 2.24) is 9.55 Å². The van der Waals surface area contributed by atoms with E-state index in [1.54, 1.807) is 28.8 Å². The van der Waals surface area contributed by atoms with Crippen LogP contribution in [0.3, 0.4) is 0 Å². The van der Waals surface area contributed by atoms with Crippen molar-refractivity contribution >= 4 is 40.2 Å². The highest BCUT2D eigenvalue weighted by Crippen LogP contribution is 2.29. The second-order valence-corrected chi connectivity index (χ2v) is 8.48. The number of anilines is 2. The number of ether oxygens (including phenoxy) is 1. The van der Waals surface area contributed by atoms with Crippen LogP contribution in [0.15, 0.2) is 53.3 Å². The highest BCUT2D eigenvalue weighted by molar-refractivity contribution is 6.11. The van der Waals surface area contributed by atoms with Crippen LogP contribution >= 0.6 is 0 Å². The summed E-state index contributed by atoms with van der Waals surface area (Å²) < 4.78 is 7.07. The third kappa shape index (κ3) is 5.24.